The van der Waals surface area contributed by atoms with Crippen molar-refractivity contribution in [2.45, 2.75) is 6.92 Å². The van der Waals surface area contributed by atoms with Crippen LogP contribution in [0.5, 0.6) is 11.6 Å². The Bertz CT molecular complexity index is 1010. The number of aryl methyl sites for hydroxylation is 1. The Morgan fingerprint density at radius 2 is 2.04 bits per heavy atom. The molecule has 0 fully saturated rings. The molecule has 0 spiro atoms. The molecule has 24 heavy (non-hydrogen) atoms. The number of ether oxygens (including phenoxy) is 1. The molecule has 2 N–H and O–H groups in total. The molecule has 4 rings (SSSR count). The van der Waals surface area contributed by atoms with Crippen LogP contribution < -0.4 is 10.5 Å². The van der Waals surface area contributed by atoms with E-state index in [2.05, 4.69) is 24.9 Å². The fourth-order valence-electron chi connectivity index (χ4n) is 2.35. The zero-order chi connectivity index (χ0) is 16.5. The van der Waals surface area contributed by atoms with Crippen molar-refractivity contribution in [1.82, 2.24) is 30.7 Å². The molecule has 4 aromatic rings. The minimum atomic E-state index is 0.0318. The minimum Gasteiger partial charge on any atom is -0.436 e. The lowest BCUT2D eigenvalue weighted by Gasteiger charge is -2.06. The molecule has 117 valence electrons. The molecule has 3 heterocycles. The first kappa shape index (κ1) is 14.1. The molecule has 0 saturated carbocycles. The second-order valence-corrected chi connectivity index (χ2v) is 5.30. The van der Waals surface area contributed by atoms with Crippen LogP contribution in [-0.4, -0.2) is 24.9 Å². The molecule has 0 saturated heterocycles. The average molecular weight is 317 g/mol. The number of rotatable bonds is 3. The highest BCUT2D eigenvalue weighted by Crippen LogP contribution is 2.27. The number of nitrogens with zero attached hydrogens (tertiary/aromatic N) is 4. The van der Waals surface area contributed by atoms with Gasteiger partial charge < -0.3 is 9.72 Å². The van der Waals surface area contributed by atoms with Crippen molar-refractivity contribution in [2.75, 3.05) is 0 Å². The van der Waals surface area contributed by atoms with Crippen LogP contribution in [0, 0.1) is 6.92 Å². The van der Waals surface area contributed by atoms with Gasteiger partial charge in [-0.15, -0.1) is 0 Å². The molecule has 7 heteroatoms. The van der Waals surface area contributed by atoms with E-state index in [1.807, 2.05) is 25.1 Å². The van der Waals surface area contributed by atoms with Gasteiger partial charge in [-0.05, 0) is 36.8 Å². The molecule has 0 unspecified atom stereocenters. The maximum absolute atomic E-state index is 8.00. The average Bonchev–Trinajstić information content (AvgIpc) is 3.00. The molecule has 1 radical (unpaired) electrons. The van der Waals surface area contributed by atoms with E-state index in [1.54, 1.807) is 24.5 Å². The fourth-order valence-corrected chi connectivity index (χ4v) is 2.35. The number of H-pyrrole nitrogens is 1. The monoisotopic (exact) mass is 317 g/mol. The van der Waals surface area contributed by atoms with Gasteiger partial charge in [0.1, 0.15) is 5.75 Å². The van der Waals surface area contributed by atoms with Crippen LogP contribution in [0.15, 0.2) is 48.9 Å². The van der Waals surface area contributed by atoms with Crippen LogP contribution in [0.3, 0.4) is 0 Å². The number of pyridine rings is 1. The number of nitrogens with one attached hydrogen (secondary N) is 2. The van der Waals surface area contributed by atoms with Gasteiger partial charge in [-0.25, -0.2) is 15.0 Å². The highest BCUT2D eigenvalue weighted by atomic mass is 16.5. The molecule has 0 amide bonds. The number of hydrogen-bond donors (Lipinski definition) is 1. The second kappa shape index (κ2) is 5.62. The zero-order valence-corrected chi connectivity index (χ0v) is 12.8. The van der Waals surface area contributed by atoms with Crippen LogP contribution in [0.4, 0.5) is 5.82 Å². The van der Waals surface area contributed by atoms with E-state index >= 15 is 0 Å². The number of aromatic nitrogens is 5. The Morgan fingerprint density at radius 3 is 2.88 bits per heavy atom. The Hall–Kier alpha value is -3.48. The van der Waals surface area contributed by atoms with E-state index in [9.17, 15) is 0 Å². The summed E-state index contributed by atoms with van der Waals surface area (Å²) >= 11 is 0. The Balaban J connectivity index is 1.74. The van der Waals surface area contributed by atoms with Gasteiger partial charge in [-0.1, -0.05) is 6.07 Å². The summed E-state index contributed by atoms with van der Waals surface area (Å²) in [6.07, 6.45) is 4.65. The SMILES string of the molecule is Cc1ccc2nc(-c3nc(Oc4cccnc4)cnc3[NH])[nH]c2c1. The minimum absolute atomic E-state index is 0.0318. The topological polar surface area (TPSA) is 100 Å². The first-order valence-corrected chi connectivity index (χ1v) is 7.32. The summed E-state index contributed by atoms with van der Waals surface area (Å²) in [5.74, 6) is 1.36. The predicted octanol–water partition coefficient (Wildman–Crippen LogP) is 3.43. The van der Waals surface area contributed by atoms with E-state index in [0.29, 0.717) is 17.3 Å². The lowest BCUT2D eigenvalue weighted by Crippen LogP contribution is -1.95. The number of imidazole rings is 1. The summed E-state index contributed by atoms with van der Waals surface area (Å²) in [5, 5.41) is 0. The predicted molar refractivity (Wildman–Crippen MR) is 88.9 cm³/mol. The van der Waals surface area contributed by atoms with Crippen molar-refractivity contribution in [3.8, 4) is 23.1 Å². The molecule has 0 bridgehead atoms. The number of fused-ring (bicyclic) bond motifs is 1. The van der Waals surface area contributed by atoms with E-state index in [4.69, 9.17) is 10.5 Å². The van der Waals surface area contributed by atoms with Crippen molar-refractivity contribution in [1.29, 1.82) is 0 Å². The molecule has 7 nitrogen and oxygen atoms in total. The standard InChI is InChI=1S/C17H13N6O/c1-10-4-5-12-13(7-10)22-17(21-12)15-16(18)20-9-14(23-15)24-11-3-2-6-19-8-11/h2-9,18H,1H3,(H,21,22). The molecule has 0 atom stereocenters. The van der Waals surface area contributed by atoms with E-state index < -0.39 is 0 Å². The van der Waals surface area contributed by atoms with Crippen molar-refractivity contribution in [3.05, 3.63) is 54.5 Å². The lowest BCUT2D eigenvalue weighted by atomic mass is 10.2. The van der Waals surface area contributed by atoms with E-state index in [-0.39, 0.29) is 11.7 Å². The fraction of sp³-hybridized carbons (Fsp3) is 0.0588. The van der Waals surface area contributed by atoms with Crippen LogP contribution in [0.25, 0.3) is 22.6 Å². The maximum Gasteiger partial charge on any atom is 0.238 e. The highest BCUT2D eigenvalue weighted by Gasteiger charge is 2.14. The number of aromatic amines is 1. The third-order valence-corrected chi connectivity index (χ3v) is 3.47. The smallest absolute Gasteiger partial charge is 0.238 e. The summed E-state index contributed by atoms with van der Waals surface area (Å²) in [7, 11) is 0. The quantitative estimate of drug-likeness (QED) is 0.624. The summed E-state index contributed by atoms with van der Waals surface area (Å²) in [6, 6.07) is 9.45. The van der Waals surface area contributed by atoms with Crippen LogP contribution >= 0.6 is 0 Å². The van der Waals surface area contributed by atoms with Gasteiger partial charge >= 0.3 is 0 Å². The molecule has 0 aliphatic carbocycles. The largest absolute Gasteiger partial charge is 0.436 e. The first-order valence-electron chi connectivity index (χ1n) is 7.32. The van der Waals surface area contributed by atoms with Crippen LogP contribution in [0.1, 0.15) is 5.56 Å². The van der Waals surface area contributed by atoms with Crippen molar-refractivity contribution < 1.29 is 4.74 Å². The summed E-state index contributed by atoms with van der Waals surface area (Å²) in [4.78, 5) is 20.1. The zero-order valence-electron chi connectivity index (χ0n) is 12.8. The Labute approximate surface area is 137 Å². The Kier molecular flexibility index (Phi) is 3.31. The van der Waals surface area contributed by atoms with Crippen LogP contribution in [-0.2, 0) is 0 Å². The summed E-state index contributed by atoms with van der Waals surface area (Å²) in [5.41, 5.74) is 11.2. The second-order valence-electron chi connectivity index (χ2n) is 5.30. The third kappa shape index (κ3) is 2.63. The molecule has 3 aromatic heterocycles. The summed E-state index contributed by atoms with van der Waals surface area (Å²) < 4.78 is 5.63. The van der Waals surface area contributed by atoms with Crippen LogP contribution in [0.2, 0.25) is 0 Å². The lowest BCUT2D eigenvalue weighted by molar-refractivity contribution is 0.458. The van der Waals surface area contributed by atoms with Gasteiger partial charge in [-0.2, -0.15) is 0 Å². The van der Waals surface area contributed by atoms with Gasteiger partial charge in [0.25, 0.3) is 0 Å². The molecular formula is C17H13N6O. The Morgan fingerprint density at radius 1 is 1.12 bits per heavy atom. The first-order chi connectivity index (χ1) is 11.7. The highest BCUT2D eigenvalue weighted by molar-refractivity contribution is 5.80. The van der Waals surface area contributed by atoms with Gasteiger partial charge in [0.15, 0.2) is 17.3 Å². The normalized spacial score (nSPS) is 10.9. The number of hydrogen-bond acceptors (Lipinski definition) is 5. The van der Waals surface area contributed by atoms with Crippen molar-refractivity contribution >= 4 is 16.9 Å². The number of benzene rings is 1. The third-order valence-electron chi connectivity index (χ3n) is 3.47. The molecule has 0 aliphatic rings. The van der Waals surface area contributed by atoms with E-state index in [1.165, 1.54) is 6.20 Å². The van der Waals surface area contributed by atoms with E-state index in [0.717, 1.165) is 16.6 Å². The molecular weight excluding hydrogens is 304 g/mol. The summed E-state index contributed by atoms with van der Waals surface area (Å²) in [6.45, 7) is 2.01. The van der Waals surface area contributed by atoms with Gasteiger partial charge in [0, 0.05) is 6.20 Å². The molecule has 1 aromatic carbocycles. The molecule has 0 aliphatic heterocycles. The van der Waals surface area contributed by atoms with Crippen molar-refractivity contribution in [2.24, 2.45) is 0 Å². The van der Waals surface area contributed by atoms with Gasteiger partial charge in [0.05, 0.1) is 23.4 Å². The van der Waals surface area contributed by atoms with Crippen molar-refractivity contribution in [3.63, 3.8) is 0 Å². The van der Waals surface area contributed by atoms with Gasteiger partial charge in [0.2, 0.25) is 5.88 Å². The van der Waals surface area contributed by atoms with Gasteiger partial charge in [-0.3, -0.25) is 10.7 Å². The maximum atomic E-state index is 8.00.